The molecular formula is C16H28N4O3S. The molecule has 1 aliphatic carbocycles. The zero-order chi connectivity index (χ0) is 17.2. The lowest BCUT2D eigenvalue weighted by Gasteiger charge is -2.39. The molecule has 1 N–H and O–H groups in total. The van der Waals surface area contributed by atoms with Gasteiger partial charge in [-0.2, -0.15) is 5.10 Å². The topological polar surface area (TPSA) is 76.5 Å². The van der Waals surface area contributed by atoms with Gasteiger partial charge < -0.3 is 9.64 Å². The molecule has 1 aromatic heterocycles. The Morgan fingerprint density at radius 2 is 1.96 bits per heavy atom. The summed E-state index contributed by atoms with van der Waals surface area (Å²) in [5.74, 6) is 0.369. The number of likely N-dealkylation sites (N-methyl/N-ethyl adjacent to an activating group) is 1. The minimum atomic E-state index is -3.63. The number of hydrogen-bond acceptors (Lipinski definition) is 5. The lowest BCUT2D eigenvalue weighted by molar-refractivity contribution is 0.133. The van der Waals surface area contributed by atoms with Gasteiger partial charge >= 0.3 is 0 Å². The van der Waals surface area contributed by atoms with Crippen LogP contribution >= 0.6 is 0 Å². The Bertz CT molecular complexity index is 661. The predicted octanol–water partition coefficient (Wildman–Crippen LogP) is 1.60. The standard InChI is InChI=1S/C16H28N4O3S/c1-19(2)16(8-5-3-4-6-9-16)13-18-24(21,22)14-12-17-20-10-7-11-23-15(14)20/h12,18H,3-11,13H2,1-2H3. The predicted molar refractivity (Wildman–Crippen MR) is 91.6 cm³/mol. The van der Waals surface area contributed by atoms with Gasteiger partial charge in [0.25, 0.3) is 0 Å². The van der Waals surface area contributed by atoms with Crippen molar-refractivity contribution >= 4 is 10.0 Å². The molecule has 2 aliphatic rings. The summed E-state index contributed by atoms with van der Waals surface area (Å²) in [6.45, 7) is 1.66. The summed E-state index contributed by atoms with van der Waals surface area (Å²) >= 11 is 0. The minimum Gasteiger partial charge on any atom is -0.477 e. The fraction of sp³-hybridized carbons (Fsp3) is 0.812. The van der Waals surface area contributed by atoms with Crippen molar-refractivity contribution in [2.24, 2.45) is 0 Å². The summed E-state index contributed by atoms with van der Waals surface area (Å²) in [7, 11) is 0.466. The fourth-order valence-corrected chi connectivity index (χ4v) is 4.90. The van der Waals surface area contributed by atoms with E-state index in [1.54, 1.807) is 4.68 Å². The van der Waals surface area contributed by atoms with Crippen LogP contribution in [-0.2, 0) is 16.6 Å². The third-order valence-electron chi connectivity index (χ3n) is 5.38. The third-order valence-corrected chi connectivity index (χ3v) is 6.76. The smallest absolute Gasteiger partial charge is 0.247 e. The number of aryl methyl sites for hydroxylation is 1. The van der Waals surface area contributed by atoms with Crippen molar-refractivity contribution in [2.75, 3.05) is 27.2 Å². The molecule has 1 saturated carbocycles. The quantitative estimate of drug-likeness (QED) is 0.811. The van der Waals surface area contributed by atoms with Gasteiger partial charge in [0.1, 0.15) is 0 Å². The van der Waals surface area contributed by atoms with Gasteiger partial charge in [-0.15, -0.1) is 0 Å². The Hall–Kier alpha value is -1.12. The first-order valence-corrected chi connectivity index (χ1v) is 10.3. The normalized spacial score (nSPS) is 21.1. The van der Waals surface area contributed by atoms with Crippen LogP contribution in [-0.4, -0.2) is 55.9 Å². The number of hydrogen-bond donors (Lipinski definition) is 1. The molecule has 0 atom stereocenters. The van der Waals surface area contributed by atoms with E-state index in [4.69, 9.17) is 4.74 Å². The van der Waals surface area contributed by atoms with Crippen LogP contribution in [0.5, 0.6) is 5.88 Å². The van der Waals surface area contributed by atoms with E-state index in [0.717, 1.165) is 32.1 Å². The van der Waals surface area contributed by atoms with Crippen LogP contribution in [0.4, 0.5) is 0 Å². The first-order chi connectivity index (χ1) is 11.4. The maximum absolute atomic E-state index is 12.8. The van der Waals surface area contributed by atoms with Gasteiger partial charge in [0.15, 0.2) is 4.90 Å². The summed E-state index contributed by atoms with van der Waals surface area (Å²) in [5, 5.41) is 4.15. The Balaban J connectivity index is 1.77. The number of rotatable bonds is 5. The van der Waals surface area contributed by atoms with E-state index in [-0.39, 0.29) is 10.4 Å². The van der Waals surface area contributed by atoms with E-state index < -0.39 is 10.0 Å². The molecule has 1 aliphatic heterocycles. The van der Waals surface area contributed by atoms with Crippen molar-refractivity contribution in [1.82, 2.24) is 19.4 Å². The maximum Gasteiger partial charge on any atom is 0.247 e. The second kappa shape index (κ2) is 7.01. The van der Waals surface area contributed by atoms with Gasteiger partial charge in [-0.25, -0.2) is 17.8 Å². The van der Waals surface area contributed by atoms with Crippen LogP contribution in [0.25, 0.3) is 0 Å². The van der Waals surface area contributed by atoms with Crippen molar-refractivity contribution in [1.29, 1.82) is 0 Å². The summed E-state index contributed by atoms with van der Waals surface area (Å²) in [5.41, 5.74) is -0.113. The second-order valence-electron chi connectivity index (χ2n) is 7.10. The van der Waals surface area contributed by atoms with E-state index in [1.807, 2.05) is 14.1 Å². The highest BCUT2D eigenvalue weighted by Gasteiger charge is 2.35. The summed E-state index contributed by atoms with van der Waals surface area (Å²) < 4.78 is 35.6. The van der Waals surface area contributed by atoms with Crippen molar-refractivity contribution in [3.63, 3.8) is 0 Å². The molecule has 24 heavy (non-hydrogen) atoms. The molecule has 0 bridgehead atoms. The van der Waals surface area contributed by atoms with Crippen LogP contribution in [0.15, 0.2) is 11.1 Å². The molecule has 0 aromatic carbocycles. The van der Waals surface area contributed by atoms with Crippen LogP contribution in [0.2, 0.25) is 0 Å². The molecular weight excluding hydrogens is 328 g/mol. The van der Waals surface area contributed by atoms with Gasteiger partial charge in [-0.1, -0.05) is 25.7 Å². The number of fused-ring (bicyclic) bond motifs is 1. The second-order valence-corrected chi connectivity index (χ2v) is 8.83. The highest BCUT2D eigenvalue weighted by Crippen LogP contribution is 2.32. The van der Waals surface area contributed by atoms with Gasteiger partial charge in [0.2, 0.25) is 15.9 Å². The fourth-order valence-electron chi connectivity index (χ4n) is 3.71. The van der Waals surface area contributed by atoms with E-state index in [0.29, 0.717) is 25.6 Å². The molecule has 8 heteroatoms. The Morgan fingerprint density at radius 1 is 1.25 bits per heavy atom. The molecule has 0 amide bonds. The lowest BCUT2D eigenvalue weighted by Crippen LogP contribution is -2.52. The number of ether oxygens (including phenoxy) is 1. The van der Waals surface area contributed by atoms with Crippen molar-refractivity contribution in [2.45, 2.75) is 61.9 Å². The Kier molecular flexibility index (Phi) is 5.17. The lowest BCUT2D eigenvalue weighted by atomic mass is 9.89. The first kappa shape index (κ1) is 17.7. The zero-order valence-electron chi connectivity index (χ0n) is 14.6. The molecule has 1 aromatic rings. The molecule has 0 spiro atoms. The number of aromatic nitrogens is 2. The monoisotopic (exact) mass is 356 g/mol. The summed E-state index contributed by atoms with van der Waals surface area (Å²) in [6, 6.07) is 0. The third kappa shape index (κ3) is 3.45. The zero-order valence-corrected chi connectivity index (χ0v) is 15.4. The number of nitrogens with zero attached hydrogens (tertiary/aromatic N) is 3. The van der Waals surface area contributed by atoms with Crippen molar-refractivity contribution in [3.8, 4) is 5.88 Å². The number of sulfonamides is 1. The van der Waals surface area contributed by atoms with Crippen LogP contribution < -0.4 is 9.46 Å². The van der Waals surface area contributed by atoms with E-state index in [2.05, 4.69) is 14.7 Å². The van der Waals surface area contributed by atoms with Gasteiger partial charge in [0.05, 0.1) is 12.8 Å². The average Bonchev–Trinajstić information content (AvgIpc) is 2.85. The van der Waals surface area contributed by atoms with Crippen molar-refractivity contribution < 1.29 is 13.2 Å². The minimum absolute atomic E-state index is 0.113. The molecule has 3 rings (SSSR count). The highest BCUT2D eigenvalue weighted by molar-refractivity contribution is 7.89. The SMILES string of the molecule is CN(C)C1(CNS(=O)(=O)c2cnn3c2OCCC3)CCCCCC1. The molecule has 2 heterocycles. The molecule has 136 valence electrons. The van der Waals surface area contributed by atoms with E-state index in [9.17, 15) is 8.42 Å². The van der Waals surface area contributed by atoms with E-state index in [1.165, 1.54) is 19.0 Å². The molecule has 0 radical (unpaired) electrons. The van der Waals surface area contributed by atoms with Gasteiger partial charge in [0, 0.05) is 25.0 Å². The van der Waals surface area contributed by atoms with E-state index >= 15 is 0 Å². The maximum atomic E-state index is 12.8. The van der Waals surface area contributed by atoms with Crippen LogP contribution in [0.1, 0.15) is 44.9 Å². The Labute approximate surface area is 144 Å². The molecule has 0 unspecified atom stereocenters. The first-order valence-electron chi connectivity index (χ1n) is 8.80. The highest BCUT2D eigenvalue weighted by atomic mass is 32.2. The Morgan fingerprint density at radius 3 is 2.62 bits per heavy atom. The van der Waals surface area contributed by atoms with Crippen LogP contribution in [0, 0.1) is 0 Å². The van der Waals surface area contributed by atoms with Gasteiger partial charge in [-0.05, 0) is 26.9 Å². The summed E-state index contributed by atoms with van der Waals surface area (Å²) in [6.07, 6.45) is 9.04. The largest absolute Gasteiger partial charge is 0.477 e. The van der Waals surface area contributed by atoms with Crippen LogP contribution in [0.3, 0.4) is 0 Å². The molecule has 0 saturated heterocycles. The van der Waals surface area contributed by atoms with Gasteiger partial charge in [-0.3, -0.25) is 0 Å². The molecule has 1 fully saturated rings. The average molecular weight is 356 g/mol. The summed E-state index contributed by atoms with van der Waals surface area (Å²) in [4.78, 5) is 2.34. The molecule has 7 nitrogen and oxygen atoms in total. The number of nitrogens with one attached hydrogen (secondary N) is 1. The van der Waals surface area contributed by atoms with Crippen molar-refractivity contribution in [3.05, 3.63) is 6.20 Å².